The van der Waals surface area contributed by atoms with Crippen LogP contribution in [0.1, 0.15) is 5.56 Å². The smallest absolute Gasteiger partial charge is 0.321 e. The van der Waals surface area contributed by atoms with Crippen molar-refractivity contribution in [2.75, 3.05) is 30.3 Å². The normalized spacial score (nSPS) is 13.1. The number of amides is 3. The lowest BCUT2D eigenvalue weighted by atomic mass is 10.2. The minimum Gasteiger partial charge on any atom is -0.344 e. The molecule has 2 heterocycles. The van der Waals surface area contributed by atoms with Gasteiger partial charge in [-0.1, -0.05) is 35.7 Å². The minimum absolute atomic E-state index is 0.0704. The monoisotopic (exact) mass is 422 g/mol. The standard InChI is InChI=1S/C21H18N4O2S2/c26-19(14-28-21-24-17-5-1-2-6-18(17)29-21)22-11-3-4-15-7-9-16(10-8-15)25-13-12-23-20(25)27/h1-2,5-10H,11-14H2,(H,22,26)(H,23,27). The Balaban J connectivity index is 1.23. The molecular formula is C21H18N4O2S2. The third-order valence-electron chi connectivity index (χ3n) is 4.24. The highest BCUT2D eigenvalue weighted by atomic mass is 32.2. The van der Waals surface area contributed by atoms with Crippen LogP contribution in [0, 0.1) is 11.8 Å². The summed E-state index contributed by atoms with van der Waals surface area (Å²) in [6.07, 6.45) is 0. The van der Waals surface area contributed by atoms with E-state index < -0.39 is 0 Å². The molecule has 1 fully saturated rings. The van der Waals surface area contributed by atoms with Crippen molar-refractivity contribution in [2.24, 2.45) is 0 Å². The zero-order chi connectivity index (χ0) is 20.1. The van der Waals surface area contributed by atoms with Gasteiger partial charge in [0.1, 0.15) is 0 Å². The fraction of sp³-hybridized carbons (Fsp3) is 0.190. The van der Waals surface area contributed by atoms with E-state index >= 15 is 0 Å². The number of thioether (sulfide) groups is 1. The van der Waals surface area contributed by atoms with Gasteiger partial charge in [-0.05, 0) is 36.4 Å². The van der Waals surface area contributed by atoms with Crippen molar-refractivity contribution in [3.8, 4) is 11.8 Å². The fourth-order valence-corrected chi connectivity index (χ4v) is 4.72. The third kappa shape index (κ3) is 4.88. The average molecular weight is 423 g/mol. The van der Waals surface area contributed by atoms with Crippen LogP contribution >= 0.6 is 23.1 Å². The van der Waals surface area contributed by atoms with E-state index in [0.29, 0.717) is 18.8 Å². The Bertz CT molecular complexity index is 1070. The molecule has 0 spiro atoms. The molecule has 6 nitrogen and oxygen atoms in total. The van der Waals surface area contributed by atoms with Crippen molar-refractivity contribution >= 4 is 50.9 Å². The number of carbonyl (C=O) groups is 2. The SMILES string of the molecule is O=C(CSc1nc2ccccc2s1)NCC#Cc1ccc(N2CCNC2=O)cc1. The first-order valence-corrected chi connectivity index (χ1v) is 10.9. The number of nitrogens with zero attached hydrogens (tertiary/aromatic N) is 2. The van der Waals surface area contributed by atoms with Gasteiger partial charge in [-0.15, -0.1) is 11.3 Å². The maximum atomic E-state index is 12.0. The lowest BCUT2D eigenvalue weighted by molar-refractivity contribution is -0.118. The quantitative estimate of drug-likeness (QED) is 0.490. The average Bonchev–Trinajstić information content (AvgIpc) is 3.36. The first-order chi connectivity index (χ1) is 14.2. The molecule has 0 saturated carbocycles. The Morgan fingerprint density at radius 1 is 1.24 bits per heavy atom. The Labute approximate surface area is 176 Å². The number of urea groups is 1. The molecule has 4 rings (SSSR count). The Hall–Kier alpha value is -3.02. The second-order valence-corrected chi connectivity index (χ2v) is 8.50. The summed E-state index contributed by atoms with van der Waals surface area (Å²) in [6, 6.07) is 15.4. The fourth-order valence-electron chi connectivity index (χ4n) is 2.82. The second kappa shape index (κ2) is 8.99. The molecule has 1 saturated heterocycles. The summed E-state index contributed by atoms with van der Waals surface area (Å²) in [5.74, 6) is 6.22. The molecule has 0 unspecified atom stereocenters. The highest BCUT2D eigenvalue weighted by Gasteiger charge is 2.20. The highest BCUT2D eigenvalue weighted by molar-refractivity contribution is 8.01. The van der Waals surface area contributed by atoms with Crippen LogP contribution in [0.5, 0.6) is 0 Å². The number of fused-ring (bicyclic) bond motifs is 1. The lowest BCUT2D eigenvalue weighted by Crippen LogP contribution is -2.27. The van der Waals surface area contributed by atoms with Crippen LogP contribution in [0.2, 0.25) is 0 Å². The van der Waals surface area contributed by atoms with E-state index in [9.17, 15) is 9.59 Å². The summed E-state index contributed by atoms with van der Waals surface area (Å²) < 4.78 is 2.01. The van der Waals surface area contributed by atoms with E-state index in [0.717, 1.165) is 25.8 Å². The molecule has 146 valence electrons. The molecule has 29 heavy (non-hydrogen) atoms. The Morgan fingerprint density at radius 2 is 2.07 bits per heavy atom. The van der Waals surface area contributed by atoms with E-state index in [-0.39, 0.29) is 18.5 Å². The molecule has 8 heteroatoms. The van der Waals surface area contributed by atoms with Crippen LogP contribution in [-0.2, 0) is 4.79 Å². The zero-order valence-corrected chi connectivity index (χ0v) is 17.1. The number of hydrogen-bond acceptors (Lipinski definition) is 5. The number of carbonyl (C=O) groups excluding carboxylic acids is 2. The molecule has 3 aromatic rings. The number of benzene rings is 2. The van der Waals surface area contributed by atoms with E-state index in [4.69, 9.17) is 0 Å². The van der Waals surface area contributed by atoms with Gasteiger partial charge in [0.05, 0.1) is 22.5 Å². The van der Waals surface area contributed by atoms with Gasteiger partial charge in [-0.3, -0.25) is 9.69 Å². The number of aromatic nitrogens is 1. The van der Waals surface area contributed by atoms with Gasteiger partial charge in [0.25, 0.3) is 0 Å². The van der Waals surface area contributed by atoms with Gasteiger partial charge < -0.3 is 10.6 Å². The van der Waals surface area contributed by atoms with Gasteiger partial charge in [0, 0.05) is 24.3 Å². The van der Waals surface area contributed by atoms with Crippen molar-refractivity contribution in [2.45, 2.75) is 4.34 Å². The van der Waals surface area contributed by atoms with Gasteiger partial charge in [0.2, 0.25) is 5.91 Å². The molecule has 0 aliphatic carbocycles. The molecule has 0 atom stereocenters. The van der Waals surface area contributed by atoms with Crippen molar-refractivity contribution in [1.82, 2.24) is 15.6 Å². The third-order valence-corrected chi connectivity index (χ3v) is 6.42. The largest absolute Gasteiger partial charge is 0.344 e. The van der Waals surface area contributed by atoms with Gasteiger partial charge in [0.15, 0.2) is 4.34 Å². The van der Waals surface area contributed by atoms with Crippen LogP contribution in [-0.4, -0.2) is 42.3 Å². The van der Waals surface area contributed by atoms with E-state index in [1.54, 1.807) is 16.2 Å². The molecule has 2 N–H and O–H groups in total. The van der Waals surface area contributed by atoms with E-state index in [1.165, 1.54) is 11.8 Å². The molecule has 3 amide bonds. The van der Waals surface area contributed by atoms with Gasteiger partial charge >= 0.3 is 6.03 Å². The molecule has 0 radical (unpaired) electrons. The van der Waals surface area contributed by atoms with Crippen molar-refractivity contribution < 1.29 is 9.59 Å². The predicted molar refractivity (Wildman–Crippen MR) is 117 cm³/mol. The molecule has 1 aliphatic heterocycles. The summed E-state index contributed by atoms with van der Waals surface area (Å²) >= 11 is 3.02. The van der Waals surface area contributed by atoms with E-state index in [2.05, 4.69) is 27.5 Å². The lowest BCUT2D eigenvalue weighted by Gasteiger charge is -2.13. The summed E-state index contributed by atoms with van der Waals surface area (Å²) in [7, 11) is 0. The minimum atomic E-state index is -0.0738. The van der Waals surface area contributed by atoms with Crippen molar-refractivity contribution in [3.05, 3.63) is 54.1 Å². The van der Waals surface area contributed by atoms with Crippen LogP contribution in [0.15, 0.2) is 52.9 Å². The van der Waals surface area contributed by atoms with Crippen LogP contribution in [0.3, 0.4) is 0 Å². The van der Waals surface area contributed by atoms with E-state index in [1.807, 2.05) is 48.5 Å². The second-order valence-electron chi connectivity index (χ2n) is 6.25. The number of hydrogen-bond donors (Lipinski definition) is 2. The molecule has 2 aromatic carbocycles. The van der Waals surface area contributed by atoms with Crippen LogP contribution < -0.4 is 15.5 Å². The molecule has 1 aromatic heterocycles. The summed E-state index contributed by atoms with van der Waals surface area (Å²) in [6.45, 7) is 1.62. The Morgan fingerprint density at radius 3 is 2.83 bits per heavy atom. The molecular weight excluding hydrogens is 404 g/mol. The van der Waals surface area contributed by atoms with Crippen LogP contribution in [0.4, 0.5) is 10.5 Å². The number of thiazole rings is 1. The number of anilines is 1. The number of rotatable bonds is 5. The van der Waals surface area contributed by atoms with Crippen LogP contribution in [0.25, 0.3) is 10.2 Å². The van der Waals surface area contributed by atoms with Gasteiger partial charge in [-0.2, -0.15) is 0 Å². The highest BCUT2D eigenvalue weighted by Crippen LogP contribution is 2.28. The zero-order valence-electron chi connectivity index (χ0n) is 15.5. The summed E-state index contributed by atoms with van der Waals surface area (Å²) in [5.41, 5.74) is 2.65. The topological polar surface area (TPSA) is 74.3 Å². The molecule has 1 aliphatic rings. The number of para-hydroxylation sites is 1. The Kier molecular flexibility index (Phi) is 5.98. The molecule has 0 bridgehead atoms. The number of nitrogens with one attached hydrogen (secondary N) is 2. The predicted octanol–water partition coefficient (Wildman–Crippen LogP) is 3.09. The summed E-state index contributed by atoms with van der Waals surface area (Å²) in [4.78, 5) is 29.9. The van der Waals surface area contributed by atoms with Crippen molar-refractivity contribution in [3.63, 3.8) is 0 Å². The first-order valence-electron chi connectivity index (χ1n) is 9.08. The maximum Gasteiger partial charge on any atom is 0.321 e. The van der Waals surface area contributed by atoms with Gasteiger partial charge in [-0.25, -0.2) is 9.78 Å². The first kappa shape index (κ1) is 19.3. The summed E-state index contributed by atoms with van der Waals surface area (Å²) in [5, 5.41) is 5.58. The maximum absolute atomic E-state index is 12.0. The van der Waals surface area contributed by atoms with Crippen molar-refractivity contribution in [1.29, 1.82) is 0 Å².